The van der Waals surface area contributed by atoms with E-state index in [0.717, 1.165) is 40.8 Å². The highest BCUT2D eigenvalue weighted by Crippen LogP contribution is 2.32. The second kappa shape index (κ2) is 7.86. The Bertz CT molecular complexity index is 1090. The first kappa shape index (κ1) is 18.7. The number of rotatable bonds is 3. The van der Waals surface area contributed by atoms with E-state index < -0.39 is 6.09 Å². The molecule has 0 radical (unpaired) electrons. The van der Waals surface area contributed by atoms with Gasteiger partial charge < -0.3 is 19.9 Å². The molecule has 2 aromatic heterocycles. The van der Waals surface area contributed by atoms with Crippen molar-refractivity contribution in [1.82, 2.24) is 14.9 Å². The van der Waals surface area contributed by atoms with Crippen LogP contribution in [-0.4, -0.2) is 52.2 Å². The fourth-order valence-electron chi connectivity index (χ4n) is 4.53. The summed E-state index contributed by atoms with van der Waals surface area (Å²) in [5, 5.41) is 10.3. The maximum Gasteiger partial charge on any atom is 0.407 e. The number of hydrogen-bond donors (Lipinski definition) is 2. The van der Waals surface area contributed by atoms with Crippen LogP contribution in [0.2, 0.25) is 0 Å². The number of carboxylic acid groups (broad SMARTS) is 1. The normalized spacial score (nSPS) is 17.3. The van der Waals surface area contributed by atoms with Gasteiger partial charge in [-0.25, -0.2) is 9.78 Å². The monoisotopic (exact) mass is 402 g/mol. The van der Waals surface area contributed by atoms with Crippen molar-refractivity contribution in [1.29, 1.82) is 0 Å². The Morgan fingerprint density at radius 1 is 1.03 bits per heavy atom. The molecule has 3 aromatic rings. The topological polar surface area (TPSA) is 72.5 Å². The number of H-pyrrole nitrogens is 1. The van der Waals surface area contributed by atoms with Gasteiger partial charge in [-0.2, -0.15) is 0 Å². The number of aromatic amines is 1. The van der Waals surface area contributed by atoms with Crippen LogP contribution in [0, 0.1) is 0 Å². The number of aromatic nitrogens is 2. The summed E-state index contributed by atoms with van der Waals surface area (Å²) in [7, 11) is 0. The molecule has 0 spiro atoms. The minimum atomic E-state index is -0.860. The molecule has 0 unspecified atom stereocenters. The summed E-state index contributed by atoms with van der Waals surface area (Å²) in [5.74, 6) is 0. The van der Waals surface area contributed by atoms with Crippen LogP contribution in [0.4, 0.5) is 10.5 Å². The summed E-state index contributed by atoms with van der Waals surface area (Å²) in [6.07, 6.45) is 9.67. The molecule has 2 aliphatic rings. The Morgan fingerprint density at radius 2 is 1.83 bits per heavy atom. The second-order valence-corrected chi connectivity index (χ2v) is 8.13. The van der Waals surface area contributed by atoms with Crippen molar-refractivity contribution in [3.8, 4) is 11.1 Å². The third-order valence-electron chi connectivity index (χ3n) is 6.28. The second-order valence-electron chi connectivity index (χ2n) is 8.13. The zero-order valence-electron chi connectivity index (χ0n) is 17.0. The van der Waals surface area contributed by atoms with Crippen LogP contribution in [0.1, 0.15) is 31.2 Å². The lowest BCUT2D eigenvalue weighted by Gasteiger charge is -2.28. The van der Waals surface area contributed by atoms with Crippen LogP contribution in [-0.2, 0) is 0 Å². The Labute approximate surface area is 175 Å². The van der Waals surface area contributed by atoms with Crippen LogP contribution in [0.5, 0.6) is 0 Å². The molecule has 0 atom stereocenters. The fraction of sp³-hybridized carbons (Fsp3) is 0.333. The molecule has 5 rings (SSSR count). The maximum atomic E-state index is 11.2. The van der Waals surface area contributed by atoms with E-state index in [-0.39, 0.29) is 0 Å². The average molecular weight is 402 g/mol. The largest absolute Gasteiger partial charge is 0.465 e. The SMILES string of the molecule is O=C(O)N1CC=C(c2c[nH]c3ncc(-c4ccc(N5CCCCC5)cc4)cc23)CC1. The Morgan fingerprint density at radius 3 is 2.53 bits per heavy atom. The highest BCUT2D eigenvalue weighted by molar-refractivity contribution is 5.93. The molecule has 4 heterocycles. The molecule has 1 fully saturated rings. The van der Waals surface area contributed by atoms with Gasteiger partial charge in [0.2, 0.25) is 0 Å². The van der Waals surface area contributed by atoms with Crippen molar-refractivity contribution in [2.45, 2.75) is 25.7 Å². The number of anilines is 1. The molecule has 2 N–H and O–H groups in total. The first-order valence-corrected chi connectivity index (χ1v) is 10.7. The molecule has 0 bridgehead atoms. The quantitative estimate of drug-likeness (QED) is 0.648. The number of piperidine rings is 1. The number of nitrogens with zero attached hydrogens (tertiary/aromatic N) is 3. The predicted molar refractivity (Wildman–Crippen MR) is 120 cm³/mol. The lowest BCUT2D eigenvalue weighted by molar-refractivity contribution is 0.150. The minimum Gasteiger partial charge on any atom is -0.465 e. The average Bonchev–Trinajstić information content (AvgIpc) is 3.23. The van der Waals surface area contributed by atoms with Gasteiger partial charge in [0.25, 0.3) is 0 Å². The van der Waals surface area contributed by atoms with Crippen molar-refractivity contribution in [2.24, 2.45) is 0 Å². The van der Waals surface area contributed by atoms with E-state index in [2.05, 4.69) is 45.2 Å². The van der Waals surface area contributed by atoms with Gasteiger partial charge in [0, 0.05) is 60.8 Å². The minimum absolute atomic E-state index is 0.433. The van der Waals surface area contributed by atoms with Crippen molar-refractivity contribution in [3.05, 3.63) is 54.4 Å². The van der Waals surface area contributed by atoms with Crippen molar-refractivity contribution < 1.29 is 9.90 Å². The molecule has 154 valence electrons. The summed E-state index contributed by atoms with van der Waals surface area (Å²) >= 11 is 0. The van der Waals surface area contributed by atoms with Crippen LogP contribution in [0.25, 0.3) is 27.7 Å². The number of hydrogen-bond acceptors (Lipinski definition) is 3. The van der Waals surface area contributed by atoms with E-state index >= 15 is 0 Å². The van der Waals surface area contributed by atoms with Crippen LogP contribution < -0.4 is 4.90 Å². The summed E-state index contributed by atoms with van der Waals surface area (Å²) < 4.78 is 0. The molecule has 0 saturated carbocycles. The van der Waals surface area contributed by atoms with Gasteiger partial charge in [-0.3, -0.25) is 0 Å². The van der Waals surface area contributed by atoms with Gasteiger partial charge in [-0.05, 0) is 55.0 Å². The smallest absolute Gasteiger partial charge is 0.407 e. The highest BCUT2D eigenvalue weighted by atomic mass is 16.4. The van der Waals surface area contributed by atoms with E-state index in [0.29, 0.717) is 19.5 Å². The first-order valence-electron chi connectivity index (χ1n) is 10.7. The first-order chi connectivity index (χ1) is 14.7. The molecule has 30 heavy (non-hydrogen) atoms. The zero-order valence-corrected chi connectivity index (χ0v) is 17.0. The number of benzene rings is 1. The summed E-state index contributed by atoms with van der Waals surface area (Å²) in [6, 6.07) is 11.0. The highest BCUT2D eigenvalue weighted by Gasteiger charge is 2.19. The maximum absolute atomic E-state index is 11.2. The number of pyridine rings is 1. The number of nitrogens with one attached hydrogen (secondary N) is 1. The van der Waals surface area contributed by atoms with E-state index in [1.165, 1.54) is 35.4 Å². The molecule has 6 heteroatoms. The van der Waals surface area contributed by atoms with E-state index in [1.807, 2.05) is 18.5 Å². The molecule has 1 amide bonds. The van der Waals surface area contributed by atoms with Crippen molar-refractivity contribution in [2.75, 3.05) is 31.1 Å². The lowest BCUT2D eigenvalue weighted by Crippen LogP contribution is -2.33. The fourth-order valence-corrected chi connectivity index (χ4v) is 4.53. The third kappa shape index (κ3) is 3.54. The Kier molecular flexibility index (Phi) is 4.91. The molecular formula is C24H26N4O2. The Balaban J connectivity index is 1.42. The summed E-state index contributed by atoms with van der Waals surface area (Å²) in [6.45, 7) is 3.25. The lowest BCUT2D eigenvalue weighted by atomic mass is 9.98. The number of carbonyl (C=O) groups is 1. The van der Waals surface area contributed by atoms with Crippen LogP contribution >= 0.6 is 0 Å². The standard InChI is InChI=1S/C24H26N4O2/c29-24(30)28-12-8-18(9-13-28)22-16-26-23-21(22)14-19(15-25-23)17-4-6-20(7-5-17)27-10-2-1-3-11-27/h4-8,14-16H,1-3,9-13H2,(H,25,26)(H,29,30). The third-order valence-corrected chi connectivity index (χ3v) is 6.28. The summed E-state index contributed by atoms with van der Waals surface area (Å²) in [4.78, 5) is 23.0. The van der Waals surface area contributed by atoms with Crippen LogP contribution in [0.3, 0.4) is 0 Å². The van der Waals surface area contributed by atoms with Crippen molar-refractivity contribution in [3.63, 3.8) is 0 Å². The zero-order chi connectivity index (χ0) is 20.5. The predicted octanol–water partition coefficient (Wildman–Crippen LogP) is 4.99. The van der Waals surface area contributed by atoms with Gasteiger partial charge in [0.1, 0.15) is 5.65 Å². The van der Waals surface area contributed by atoms with Crippen LogP contribution in [0.15, 0.2) is 48.8 Å². The van der Waals surface area contributed by atoms with Gasteiger partial charge in [0.05, 0.1) is 0 Å². The van der Waals surface area contributed by atoms with Gasteiger partial charge in [-0.15, -0.1) is 0 Å². The molecule has 2 aliphatic heterocycles. The van der Waals surface area contributed by atoms with E-state index in [1.54, 1.807) is 0 Å². The van der Waals surface area contributed by atoms with Gasteiger partial charge in [-0.1, -0.05) is 18.2 Å². The number of amides is 1. The van der Waals surface area contributed by atoms with E-state index in [4.69, 9.17) is 5.11 Å². The Hall–Kier alpha value is -3.28. The van der Waals surface area contributed by atoms with E-state index in [9.17, 15) is 4.79 Å². The van der Waals surface area contributed by atoms with Gasteiger partial charge >= 0.3 is 6.09 Å². The molecular weight excluding hydrogens is 376 g/mol. The molecule has 6 nitrogen and oxygen atoms in total. The molecule has 1 aromatic carbocycles. The van der Waals surface area contributed by atoms with Gasteiger partial charge in [0.15, 0.2) is 0 Å². The molecule has 1 saturated heterocycles. The summed E-state index contributed by atoms with van der Waals surface area (Å²) in [5.41, 5.74) is 6.71. The van der Waals surface area contributed by atoms with Crippen molar-refractivity contribution >= 4 is 28.4 Å². The molecule has 0 aliphatic carbocycles. The number of fused-ring (bicyclic) bond motifs is 1.